The summed E-state index contributed by atoms with van der Waals surface area (Å²) < 4.78 is 5.60. The Hall–Kier alpha value is -1.53. The monoisotopic (exact) mass is 232 g/mol. The third kappa shape index (κ3) is 6.60. The normalized spacial score (nSPS) is 9.88. The highest BCUT2D eigenvalue weighted by atomic mass is 16.5. The molecule has 0 bridgehead atoms. The molecule has 92 valence electrons. The average molecular weight is 232 g/mol. The van der Waals surface area contributed by atoms with Gasteiger partial charge in [0.25, 0.3) is 0 Å². The molecular formula is C14H20N2O. The first kappa shape index (κ1) is 13.5. The maximum Gasteiger partial charge on any atom is 0.119 e. The van der Waals surface area contributed by atoms with Gasteiger partial charge >= 0.3 is 0 Å². The zero-order chi connectivity index (χ0) is 12.3. The zero-order valence-corrected chi connectivity index (χ0v) is 10.4. The van der Waals surface area contributed by atoms with E-state index >= 15 is 0 Å². The molecule has 0 aliphatic heterocycles. The van der Waals surface area contributed by atoms with E-state index in [0.29, 0.717) is 13.0 Å². The summed E-state index contributed by atoms with van der Waals surface area (Å²) in [5.74, 6) is 0.927. The van der Waals surface area contributed by atoms with Crippen LogP contribution >= 0.6 is 0 Å². The smallest absolute Gasteiger partial charge is 0.119 e. The van der Waals surface area contributed by atoms with Crippen LogP contribution < -0.4 is 10.1 Å². The van der Waals surface area contributed by atoms with Crippen LogP contribution in [0.1, 0.15) is 24.8 Å². The number of nitrogens with zero attached hydrogens (tertiary/aromatic N) is 1. The van der Waals surface area contributed by atoms with E-state index < -0.39 is 0 Å². The van der Waals surface area contributed by atoms with E-state index in [-0.39, 0.29) is 0 Å². The number of hydrogen-bond acceptors (Lipinski definition) is 3. The molecule has 0 amide bonds. The maximum atomic E-state index is 8.37. The molecule has 0 unspecified atom stereocenters. The molecule has 0 saturated heterocycles. The molecule has 1 rings (SSSR count). The van der Waals surface area contributed by atoms with Crippen LogP contribution in [-0.4, -0.2) is 19.7 Å². The largest absolute Gasteiger partial charge is 0.492 e. The maximum absolute atomic E-state index is 8.37. The van der Waals surface area contributed by atoms with Gasteiger partial charge < -0.3 is 10.1 Å². The first-order valence-corrected chi connectivity index (χ1v) is 6.10. The highest BCUT2D eigenvalue weighted by Gasteiger charge is 1.93. The van der Waals surface area contributed by atoms with Gasteiger partial charge in [-0.3, -0.25) is 0 Å². The third-order valence-corrected chi connectivity index (χ3v) is 2.43. The number of aryl methyl sites for hydroxylation is 1. The Balaban J connectivity index is 1.99. The van der Waals surface area contributed by atoms with E-state index in [1.165, 1.54) is 5.56 Å². The van der Waals surface area contributed by atoms with Crippen LogP contribution in [0.5, 0.6) is 5.75 Å². The van der Waals surface area contributed by atoms with Gasteiger partial charge in [-0.05, 0) is 44.0 Å². The van der Waals surface area contributed by atoms with Gasteiger partial charge in [0.15, 0.2) is 0 Å². The minimum atomic E-state index is 0.654. The van der Waals surface area contributed by atoms with Crippen LogP contribution in [0, 0.1) is 18.3 Å². The van der Waals surface area contributed by atoms with E-state index in [0.717, 1.165) is 31.7 Å². The van der Waals surface area contributed by atoms with Gasteiger partial charge in [-0.15, -0.1) is 0 Å². The third-order valence-electron chi connectivity index (χ3n) is 2.43. The van der Waals surface area contributed by atoms with Gasteiger partial charge in [0.1, 0.15) is 12.4 Å². The number of nitriles is 1. The van der Waals surface area contributed by atoms with Gasteiger partial charge in [-0.1, -0.05) is 12.1 Å². The van der Waals surface area contributed by atoms with Crippen molar-refractivity contribution in [3.63, 3.8) is 0 Å². The number of hydrogen-bond donors (Lipinski definition) is 1. The molecule has 1 N–H and O–H groups in total. The van der Waals surface area contributed by atoms with Crippen LogP contribution in [0.4, 0.5) is 0 Å². The van der Waals surface area contributed by atoms with Crippen LogP contribution in [0.3, 0.4) is 0 Å². The van der Waals surface area contributed by atoms with Crippen molar-refractivity contribution >= 4 is 0 Å². The summed E-state index contributed by atoms with van der Waals surface area (Å²) in [6.45, 7) is 4.54. The molecule has 0 aliphatic carbocycles. The van der Waals surface area contributed by atoms with Gasteiger partial charge in [0, 0.05) is 13.0 Å². The topological polar surface area (TPSA) is 45.0 Å². The fourth-order valence-corrected chi connectivity index (χ4v) is 1.53. The van der Waals surface area contributed by atoms with Crippen molar-refractivity contribution in [1.82, 2.24) is 5.32 Å². The summed E-state index contributed by atoms with van der Waals surface area (Å²) in [4.78, 5) is 0. The van der Waals surface area contributed by atoms with Crippen molar-refractivity contribution in [1.29, 1.82) is 5.26 Å². The summed E-state index contributed by atoms with van der Waals surface area (Å²) in [5, 5.41) is 11.7. The predicted molar refractivity (Wildman–Crippen MR) is 69.0 cm³/mol. The molecule has 0 atom stereocenters. The summed E-state index contributed by atoms with van der Waals surface area (Å²) in [7, 11) is 0. The molecule has 0 radical (unpaired) electrons. The molecule has 0 fully saturated rings. The molecule has 1 aromatic carbocycles. The number of nitrogens with one attached hydrogen (secondary N) is 1. The van der Waals surface area contributed by atoms with E-state index in [4.69, 9.17) is 10.00 Å². The average Bonchev–Trinajstić information content (AvgIpc) is 2.33. The quantitative estimate of drug-likeness (QED) is 0.701. The first-order chi connectivity index (χ1) is 8.33. The second-order valence-corrected chi connectivity index (χ2v) is 4.03. The van der Waals surface area contributed by atoms with Gasteiger partial charge in [0.2, 0.25) is 0 Å². The summed E-state index contributed by atoms with van der Waals surface area (Å²) in [6, 6.07) is 10.2. The van der Waals surface area contributed by atoms with E-state index in [1.54, 1.807) is 0 Å². The lowest BCUT2D eigenvalue weighted by Gasteiger charge is -2.07. The van der Waals surface area contributed by atoms with Crippen molar-refractivity contribution < 1.29 is 4.74 Å². The lowest BCUT2D eigenvalue weighted by molar-refractivity contribution is 0.313. The summed E-state index contributed by atoms with van der Waals surface area (Å²) in [5.41, 5.74) is 1.21. The van der Waals surface area contributed by atoms with Crippen molar-refractivity contribution in [2.45, 2.75) is 26.2 Å². The van der Waals surface area contributed by atoms with Crippen LogP contribution in [0.25, 0.3) is 0 Å². The van der Waals surface area contributed by atoms with Crippen molar-refractivity contribution in [2.75, 3.05) is 19.7 Å². The second kappa shape index (κ2) is 8.60. The molecule has 17 heavy (non-hydrogen) atoms. The Morgan fingerprint density at radius 1 is 1.29 bits per heavy atom. The molecule has 3 nitrogen and oxygen atoms in total. The zero-order valence-electron chi connectivity index (χ0n) is 10.4. The standard InChI is InChI=1S/C14H20N2O/c1-13-6-5-7-14(12-13)17-11-10-16-9-4-2-3-8-15/h5-7,12,16H,2-4,9-11H2,1H3. The van der Waals surface area contributed by atoms with Crippen molar-refractivity contribution in [2.24, 2.45) is 0 Å². The minimum absolute atomic E-state index is 0.654. The molecule has 0 spiro atoms. The number of rotatable bonds is 8. The van der Waals surface area contributed by atoms with E-state index in [9.17, 15) is 0 Å². The first-order valence-electron chi connectivity index (χ1n) is 6.10. The van der Waals surface area contributed by atoms with Gasteiger partial charge in [0.05, 0.1) is 6.07 Å². The highest BCUT2D eigenvalue weighted by Crippen LogP contribution is 2.11. The Kier molecular flexibility index (Phi) is 6.85. The summed E-state index contributed by atoms with van der Waals surface area (Å²) in [6.07, 6.45) is 2.68. The van der Waals surface area contributed by atoms with E-state index in [2.05, 4.69) is 24.4 Å². The Morgan fingerprint density at radius 2 is 2.18 bits per heavy atom. The van der Waals surface area contributed by atoms with Crippen LogP contribution in [0.2, 0.25) is 0 Å². The SMILES string of the molecule is Cc1cccc(OCCNCCCCC#N)c1. The fourth-order valence-electron chi connectivity index (χ4n) is 1.53. The van der Waals surface area contributed by atoms with Gasteiger partial charge in [-0.25, -0.2) is 0 Å². The molecule has 1 aromatic rings. The van der Waals surface area contributed by atoms with Crippen LogP contribution in [0.15, 0.2) is 24.3 Å². The molecule has 0 saturated carbocycles. The molecule has 0 aliphatic rings. The molecule has 0 aromatic heterocycles. The van der Waals surface area contributed by atoms with Crippen molar-refractivity contribution in [3.05, 3.63) is 29.8 Å². The molecular weight excluding hydrogens is 212 g/mol. The predicted octanol–water partition coefficient (Wildman–Crippen LogP) is 2.66. The number of ether oxygens (including phenoxy) is 1. The Morgan fingerprint density at radius 3 is 2.94 bits per heavy atom. The highest BCUT2D eigenvalue weighted by molar-refractivity contribution is 5.27. The summed E-state index contributed by atoms with van der Waals surface area (Å²) >= 11 is 0. The molecule has 0 heterocycles. The number of unbranched alkanes of at least 4 members (excludes halogenated alkanes) is 2. The Bertz CT molecular complexity index is 357. The lowest BCUT2D eigenvalue weighted by atomic mass is 10.2. The molecule has 3 heteroatoms. The van der Waals surface area contributed by atoms with E-state index in [1.807, 2.05) is 18.2 Å². The fraction of sp³-hybridized carbons (Fsp3) is 0.500. The van der Waals surface area contributed by atoms with Crippen molar-refractivity contribution in [3.8, 4) is 11.8 Å². The number of benzene rings is 1. The van der Waals surface area contributed by atoms with Gasteiger partial charge in [-0.2, -0.15) is 5.26 Å². The minimum Gasteiger partial charge on any atom is -0.492 e. The Labute approximate surface area is 103 Å². The lowest BCUT2D eigenvalue weighted by Crippen LogP contribution is -2.22. The second-order valence-electron chi connectivity index (χ2n) is 4.03. The van der Waals surface area contributed by atoms with Crippen LogP contribution in [-0.2, 0) is 0 Å².